The Kier molecular flexibility index (Phi) is 5.65. The maximum atomic E-state index is 12.9. The van der Waals surface area contributed by atoms with E-state index in [-0.39, 0.29) is 23.1 Å². The van der Waals surface area contributed by atoms with Crippen molar-refractivity contribution in [3.63, 3.8) is 0 Å². The van der Waals surface area contributed by atoms with E-state index >= 15 is 0 Å². The Hall–Kier alpha value is -2.21. The van der Waals surface area contributed by atoms with Gasteiger partial charge in [0.2, 0.25) is 0 Å². The van der Waals surface area contributed by atoms with Crippen LogP contribution in [0.1, 0.15) is 68.1 Å². The number of urea groups is 1. The minimum Gasteiger partial charge on any atom is -0.307 e. The molecule has 0 spiro atoms. The molecule has 5 nitrogen and oxygen atoms in total. The summed E-state index contributed by atoms with van der Waals surface area (Å²) in [4.78, 5) is 29.8. The molecular weight excluding hydrogens is 358 g/mol. The molecule has 1 aliphatic rings. The van der Waals surface area contributed by atoms with E-state index < -0.39 is 0 Å². The maximum absolute atomic E-state index is 12.9. The predicted molar refractivity (Wildman–Crippen MR) is 111 cm³/mol. The fraction of sp³-hybridized carbons (Fsp3) is 0.476. The van der Waals surface area contributed by atoms with Crippen LogP contribution in [0.5, 0.6) is 0 Å². The number of aromatic nitrogens is 1. The quantitative estimate of drug-likeness (QED) is 0.657. The first-order valence-corrected chi connectivity index (χ1v) is 10.3. The third kappa shape index (κ3) is 4.75. The number of amides is 2. The number of nitrogens with zero attached hydrogens (tertiary/aromatic N) is 1. The molecule has 144 valence electrons. The van der Waals surface area contributed by atoms with Gasteiger partial charge in [-0.3, -0.25) is 10.1 Å². The fourth-order valence-corrected chi connectivity index (χ4v) is 4.24. The molecule has 2 N–H and O–H groups in total. The number of nitrogens with one attached hydrogen (secondary N) is 2. The van der Waals surface area contributed by atoms with Crippen LogP contribution in [0.2, 0.25) is 0 Å². The topological polar surface area (TPSA) is 71.1 Å². The zero-order valence-corrected chi connectivity index (χ0v) is 17.2. The van der Waals surface area contributed by atoms with E-state index in [9.17, 15) is 9.59 Å². The van der Waals surface area contributed by atoms with Crippen molar-refractivity contribution in [2.45, 2.75) is 58.8 Å². The van der Waals surface area contributed by atoms with Gasteiger partial charge in [0.15, 0.2) is 10.9 Å². The highest BCUT2D eigenvalue weighted by Crippen LogP contribution is 2.31. The summed E-state index contributed by atoms with van der Waals surface area (Å²) < 4.78 is 0. The van der Waals surface area contributed by atoms with Crippen LogP contribution in [0, 0.1) is 12.8 Å². The van der Waals surface area contributed by atoms with E-state index in [1.165, 1.54) is 11.3 Å². The molecule has 1 heterocycles. The summed E-state index contributed by atoms with van der Waals surface area (Å²) in [5.41, 5.74) is 3.05. The average Bonchev–Trinajstić information content (AvgIpc) is 3.27. The molecule has 0 bridgehead atoms. The van der Waals surface area contributed by atoms with Gasteiger partial charge in [0.1, 0.15) is 0 Å². The molecule has 0 aliphatic heterocycles. The van der Waals surface area contributed by atoms with E-state index in [2.05, 4.69) is 36.4 Å². The number of rotatable bonds is 4. The molecule has 1 aromatic carbocycles. The first-order valence-electron chi connectivity index (χ1n) is 9.43. The van der Waals surface area contributed by atoms with Gasteiger partial charge in [-0.15, -0.1) is 11.3 Å². The molecule has 0 saturated heterocycles. The second kappa shape index (κ2) is 7.80. The van der Waals surface area contributed by atoms with Crippen LogP contribution in [0.25, 0.3) is 0 Å². The van der Waals surface area contributed by atoms with Gasteiger partial charge < -0.3 is 5.32 Å². The smallest absolute Gasteiger partial charge is 0.307 e. The lowest BCUT2D eigenvalue weighted by atomic mass is 9.93. The highest BCUT2D eigenvalue weighted by molar-refractivity contribution is 7.14. The molecule has 1 aliphatic carbocycles. The van der Waals surface area contributed by atoms with Crippen LogP contribution in [-0.2, 0) is 5.41 Å². The molecule has 1 aromatic heterocycles. The lowest BCUT2D eigenvalue weighted by Crippen LogP contribution is -2.22. The predicted octanol–water partition coefficient (Wildman–Crippen LogP) is 5.77. The second-order valence-corrected chi connectivity index (χ2v) is 9.12. The van der Waals surface area contributed by atoms with Crippen LogP contribution in [0.3, 0.4) is 0 Å². The Balaban J connectivity index is 1.74. The number of thiazole rings is 1. The zero-order chi connectivity index (χ0) is 19.6. The Morgan fingerprint density at radius 2 is 1.85 bits per heavy atom. The summed E-state index contributed by atoms with van der Waals surface area (Å²) in [5.74, 6) is 0.208. The van der Waals surface area contributed by atoms with Crippen molar-refractivity contribution in [3.8, 4) is 0 Å². The van der Waals surface area contributed by atoms with Gasteiger partial charge in [-0.1, -0.05) is 45.2 Å². The molecule has 0 unspecified atom stereocenters. The van der Waals surface area contributed by atoms with Gasteiger partial charge in [0.25, 0.3) is 0 Å². The average molecular weight is 386 g/mol. The Morgan fingerprint density at radius 3 is 2.48 bits per heavy atom. The highest BCUT2D eigenvalue weighted by atomic mass is 32.1. The third-order valence-electron chi connectivity index (χ3n) is 4.91. The molecule has 0 atom stereocenters. The van der Waals surface area contributed by atoms with E-state index in [0.717, 1.165) is 36.9 Å². The zero-order valence-electron chi connectivity index (χ0n) is 16.4. The number of anilines is 2. The molecule has 27 heavy (non-hydrogen) atoms. The minimum atomic E-state index is -0.380. The highest BCUT2D eigenvalue weighted by Gasteiger charge is 2.26. The number of carbonyl (C=O) groups is 2. The Morgan fingerprint density at radius 1 is 1.15 bits per heavy atom. The lowest BCUT2D eigenvalue weighted by Gasteiger charge is -2.15. The molecule has 1 fully saturated rings. The number of hydrogen-bond acceptors (Lipinski definition) is 4. The minimum absolute atomic E-state index is 0.0647. The van der Waals surface area contributed by atoms with Crippen molar-refractivity contribution in [2.24, 2.45) is 5.92 Å². The van der Waals surface area contributed by atoms with Crippen LogP contribution < -0.4 is 10.6 Å². The van der Waals surface area contributed by atoms with Crippen molar-refractivity contribution in [3.05, 3.63) is 40.4 Å². The first-order chi connectivity index (χ1) is 12.7. The molecule has 2 aromatic rings. The van der Waals surface area contributed by atoms with Crippen LogP contribution in [0.4, 0.5) is 15.6 Å². The number of aryl methyl sites for hydroxylation is 1. The fourth-order valence-electron chi connectivity index (χ4n) is 3.31. The largest absolute Gasteiger partial charge is 0.325 e. The van der Waals surface area contributed by atoms with Crippen LogP contribution in [-0.4, -0.2) is 16.8 Å². The Bertz CT molecular complexity index is 845. The van der Waals surface area contributed by atoms with Crippen molar-refractivity contribution >= 4 is 34.0 Å². The van der Waals surface area contributed by atoms with Crippen molar-refractivity contribution in [2.75, 3.05) is 10.6 Å². The molecule has 0 radical (unpaired) electrons. The molecule has 2 amide bonds. The number of benzene rings is 1. The second-order valence-electron chi connectivity index (χ2n) is 8.26. The van der Waals surface area contributed by atoms with Gasteiger partial charge >= 0.3 is 6.03 Å². The van der Waals surface area contributed by atoms with Crippen molar-refractivity contribution in [1.82, 2.24) is 4.98 Å². The maximum Gasteiger partial charge on any atom is 0.325 e. The number of Topliss-reactive ketones (excluding diaryl/α,β-unsaturated/α-hetero) is 1. The molecular formula is C21H27N3O2S. The summed E-state index contributed by atoms with van der Waals surface area (Å²) in [6, 6.07) is 5.20. The summed E-state index contributed by atoms with van der Waals surface area (Å²) in [5, 5.41) is 8.12. The van der Waals surface area contributed by atoms with E-state index in [0.29, 0.717) is 16.4 Å². The summed E-state index contributed by atoms with van der Waals surface area (Å²) in [7, 11) is 0. The van der Waals surface area contributed by atoms with Crippen LogP contribution >= 0.6 is 11.3 Å². The van der Waals surface area contributed by atoms with E-state index in [1.807, 2.05) is 24.4 Å². The summed E-state index contributed by atoms with van der Waals surface area (Å²) in [6.45, 7) is 8.20. The first kappa shape index (κ1) is 19.5. The van der Waals surface area contributed by atoms with Gasteiger partial charge in [0.05, 0.1) is 11.4 Å². The van der Waals surface area contributed by atoms with Gasteiger partial charge in [-0.05, 0) is 31.9 Å². The van der Waals surface area contributed by atoms with Crippen LogP contribution in [0.15, 0.2) is 23.6 Å². The standard InChI is InChI=1S/C21H27N3O2S/c1-13-9-10-16(15(11-13)18(25)14-7-5-6-8-14)22-19(26)24-20-23-17(12-27-20)21(2,3)4/h9-12,14H,5-8H2,1-4H3,(H2,22,23,24,26). The lowest BCUT2D eigenvalue weighted by molar-refractivity contribution is 0.0923. The van der Waals surface area contributed by atoms with E-state index in [1.54, 1.807) is 6.07 Å². The number of carbonyl (C=O) groups excluding carboxylic acids is 2. The number of ketones is 1. The normalized spacial score (nSPS) is 15.0. The van der Waals surface area contributed by atoms with E-state index in [4.69, 9.17) is 0 Å². The number of hydrogen-bond donors (Lipinski definition) is 2. The van der Waals surface area contributed by atoms with Gasteiger partial charge in [-0.25, -0.2) is 9.78 Å². The van der Waals surface area contributed by atoms with Gasteiger partial charge in [0, 0.05) is 22.3 Å². The van der Waals surface area contributed by atoms with Crippen molar-refractivity contribution in [1.29, 1.82) is 0 Å². The third-order valence-corrected chi connectivity index (χ3v) is 5.67. The van der Waals surface area contributed by atoms with Crippen molar-refractivity contribution < 1.29 is 9.59 Å². The van der Waals surface area contributed by atoms with Gasteiger partial charge in [-0.2, -0.15) is 0 Å². The summed E-state index contributed by atoms with van der Waals surface area (Å²) in [6.07, 6.45) is 4.08. The summed E-state index contributed by atoms with van der Waals surface area (Å²) >= 11 is 1.40. The monoisotopic (exact) mass is 385 g/mol. The molecule has 3 rings (SSSR count). The molecule has 1 saturated carbocycles. The SMILES string of the molecule is Cc1ccc(NC(=O)Nc2nc(C(C)(C)C)cs2)c(C(=O)C2CCCC2)c1. The Labute approximate surface area is 164 Å². The molecule has 6 heteroatoms.